The van der Waals surface area contributed by atoms with Crippen molar-refractivity contribution in [1.82, 2.24) is 10.9 Å². The number of carbonyl (C=O) groups excluding carboxylic acids is 2. The molecule has 0 atom stereocenters. The molecule has 0 aromatic heterocycles. The molecule has 6 nitrogen and oxygen atoms in total. The number of unbranched alkanes of at least 4 members (excludes halogenated alkanes) is 3. The van der Waals surface area contributed by atoms with Crippen LogP contribution in [0.5, 0.6) is 0 Å². The Balaban J connectivity index is 1.47. The largest absolute Gasteiger partial charge is 0.273 e. The minimum Gasteiger partial charge on any atom is -0.273 e. The molecule has 28 heavy (non-hydrogen) atoms. The van der Waals surface area contributed by atoms with E-state index in [0.717, 1.165) is 36.8 Å². The van der Waals surface area contributed by atoms with Gasteiger partial charge >= 0.3 is 0 Å². The standard InChI is InChI=1S/C22H26N4O2/c27-21(25-23-17-19-11-5-3-6-12-19)15-9-1-2-10-16-22(28)26-24-18-20-13-7-4-8-14-20/h3-8,11-14,17-18H,1-2,9-10,15-16H2,(H,25,27)(H,26,28). The SMILES string of the molecule is O=C(CCCCCCC(=O)NN=Cc1ccccc1)NN=Cc1ccccc1. The van der Waals surface area contributed by atoms with Crippen molar-refractivity contribution in [2.75, 3.05) is 0 Å². The summed E-state index contributed by atoms with van der Waals surface area (Å²) in [5, 5.41) is 7.88. The maximum absolute atomic E-state index is 11.7. The summed E-state index contributed by atoms with van der Waals surface area (Å²) in [7, 11) is 0. The number of hydrogen-bond donors (Lipinski definition) is 2. The van der Waals surface area contributed by atoms with E-state index in [1.165, 1.54) is 0 Å². The molecule has 0 bridgehead atoms. The maximum Gasteiger partial charge on any atom is 0.240 e. The van der Waals surface area contributed by atoms with Crippen LogP contribution in [-0.2, 0) is 9.59 Å². The molecule has 0 saturated carbocycles. The highest BCUT2D eigenvalue weighted by molar-refractivity contribution is 5.82. The molecule has 0 aliphatic heterocycles. The van der Waals surface area contributed by atoms with Gasteiger partial charge in [-0.2, -0.15) is 10.2 Å². The van der Waals surface area contributed by atoms with Gasteiger partial charge in [0.1, 0.15) is 0 Å². The summed E-state index contributed by atoms with van der Waals surface area (Å²) in [6.07, 6.45) is 7.46. The highest BCUT2D eigenvalue weighted by Gasteiger charge is 2.01. The van der Waals surface area contributed by atoms with Crippen molar-refractivity contribution in [3.8, 4) is 0 Å². The molecule has 0 radical (unpaired) electrons. The van der Waals surface area contributed by atoms with Gasteiger partial charge in [-0.1, -0.05) is 73.5 Å². The van der Waals surface area contributed by atoms with Crippen LogP contribution in [0.1, 0.15) is 49.7 Å². The van der Waals surface area contributed by atoms with E-state index in [1.54, 1.807) is 12.4 Å². The number of nitrogens with zero attached hydrogens (tertiary/aromatic N) is 2. The van der Waals surface area contributed by atoms with E-state index in [4.69, 9.17) is 0 Å². The fourth-order valence-corrected chi connectivity index (χ4v) is 2.47. The summed E-state index contributed by atoms with van der Waals surface area (Å²) in [5.41, 5.74) is 6.93. The molecule has 2 amide bonds. The average Bonchev–Trinajstić information content (AvgIpc) is 2.72. The van der Waals surface area contributed by atoms with Gasteiger partial charge in [0, 0.05) is 12.8 Å². The van der Waals surface area contributed by atoms with E-state index in [9.17, 15) is 9.59 Å². The second-order valence-electron chi connectivity index (χ2n) is 6.32. The van der Waals surface area contributed by atoms with Crippen LogP contribution < -0.4 is 10.9 Å². The zero-order chi connectivity index (χ0) is 19.9. The summed E-state index contributed by atoms with van der Waals surface area (Å²) in [6.45, 7) is 0. The Morgan fingerprint density at radius 3 is 1.43 bits per heavy atom. The molecule has 2 aromatic rings. The Labute approximate surface area is 165 Å². The van der Waals surface area contributed by atoms with Crippen molar-refractivity contribution in [1.29, 1.82) is 0 Å². The molecule has 2 aromatic carbocycles. The zero-order valence-corrected chi connectivity index (χ0v) is 15.9. The quantitative estimate of drug-likeness (QED) is 0.356. The van der Waals surface area contributed by atoms with Gasteiger partial charge in [0.25, 0.3) is 0 Å². The summed E-state index contributed by atoms with van der Waals surface area (Å²) in [6, 6.07) is 19.2. The van der Waals surface area contributed by atoms with Crippen LogP contribution in [0.4, 0.5) is 0 Å². The van der Waals surface area contributed by atoms with Crippen molar-refractivity contribution in [3.05, 3.63) is 71.8 Å². The van der Waals surface area contributed by atoms with Crippen LogP contribution >= 0.6 is 0 Å². The number of nitrogens with one attached hydrogen (secondary N) is 2. The van der Waals surface area contributed by atoms with Crippen LogP contribution in [0, 0.1) is 0 Å². The highest BCUT2D eigenvalue weighted by atomic mass is 16.2. The lowest BCUT2D eigenvalue weighted by Crippen LogP contribution is -2.17. The Morgan fingerprint density at radius 2 is 1.04 bits per heavy atom. The molecule has 0 heterocycles. The predicted molar refractivity (Wildman–Crippen MR) is 112 cm³/mol. The lowest BCUT2D eigenvalue weighted by Gasteiger charge is -2.02. The summed E-state index contributed by atoms with van der Waals surface area (Å²) in [5.74, 6) is -0.194. The molecule has 0 fully saturated rings. The molecule has 2 N–H and O–H groups in total. The molecule has 2 rings (SSSR count). The Kier molecular flexibility index (Phi) is 9.74. The van der Waals surface area contributed by atoms with Gasteiger partial charge in [0.05, 0.1) is 12.4 Å². The minimum atomic E-state index is -0.0971. The molecular weight excluding hydrogens is 352 g/mol. The molecule has 0 saturated heterocycles. The van der Waals surface area contributed by atoms with Gasteiger partial charge in [-0.05, 0) is 24.0 Å². The highest BCUT2D eigenvalue weighted by Crippen LogP contribution is 2.05. The van der Waals surface area contributed by atoms with Crippen molar-refractivity contribution < 1.29 is 9.59 Å². The van der Waals surface area contributed by atoms with Crippen molar-refractivity contribution in [3.63, 3.8) is 0 Å². The van der Waals surface area contributed by atoms with E-state index in [0.29, 0.717) is 12.8 Å². The molecule has 0 spiro atoms. The van der Waals surface area contributed by atoms with Gasteiger partial charge < -0.3 is 0 Å². The first-order valence-corrected chi connectivity index (χ1v) is 9.48. The summed E-state index contributed by atoms with van der Waals surface area (Å²) >= 11 is 0. The van der Waals surface area contributed by atoms with Crippen LogP contribution in [0.15, 0.2) is 70.9 Å². The van der Waals surface area contributed by atoms with E-state index in [-0.39, 0.29) is 11.8 Å². The zero-order valence-electron chi connectivity index (χ0n) is 15.9. The predicted octanol–water partition coefficient (Wildman–Crippen LogP) is 3.63. The van der Waals surface area contributed by atoms with Crippen molar-refractivity contribution in [2.24, 2.45) is 10.2 Å². The molecule has 0 aliphatic rings. The second kappa shape index (κ2) is 13.0. The monoisotopic (exact) mass is 378 g/mol. The van der Waals surface area contributed by atoms with Crippen LogP contribution in [0.3, 0.4) is 0 Å². The first-order chi connectivity index (χ1) is 13.7. The van der Waals surface area contributed by atoms with E-state index < -0.39 is 0 Å². The number of hydrazone groups is 2. The smallest absolute Gasteiger partial charge is 0.240 e. The summed E-state index contributed by atoms with van der Waals surface area (Å²) in [4.78, 5) is 23.4. The fraction of sp³-hybridized carbons (Fsp3) is 0.273. The lowest BCUT2D eigenvalue weighted by molar-refractivity contribution is -0.122. The van der Waals surface area contributed by atoms with E-state index in [1.807, 2.05) is 60.7 Å². The number of amides is 2. The van der Waals surface area contributed by atoms with Gasteiger partial charge in [-0.25, -0.2) is 10.9 Å². The number of hydrogen-bond acceptors (Lipinski definition) is 4. The van der Waals surface area contributed by atoms with Crippen molar-refractivity contribution >= 4 is 24.2 Å². The molecular formula is C22H26N4O2. The van der Waals surface area contributed by atoms with Gasteiger partial charge in [-0.15, -0.1) is 0 Å². The molecule has 0 unspecified atom stereocenters. The number of rotatable bonds is 11. The first kappa shape index (κ1) is 21.0. The van der Waals surface area contributed by atoms with Gasteiger partial charge in [-0.3, -0.25) is 9.59 Å². The second-order valence-corrected chi connectivity index (χ2v) is 6.32. The lowest BCUT2D eigenvalue weighted by atomic mass is 10.1. The number of benzene rings is 2. The average molecular weight is 378 g/mol. The van der Waals surface area contributed by atoms with E-state index >= 15 is 0 Å². The normalized spacial score (nSPS) is 11.0. The fourth-order valence-electron chi connectivity index (χ4n) is 2.47. The minimum absolute atomic E-state index is 0.0971. The topological polar surface area (TPSA) is 82.9 Å². The van der Waals surface area contributed by atoms with Crippen LogP contribution in [0.25, 0.3) is 0 Å². The van der Waals surface area contributed by atoms with Crippen LogP contribution in [-0.4, -0.2) is 24.2 Å². The maximum atomic E-state index is 11.7. The Morgan fingerprint density at radius 1 is 0.643 bits per heavy atom. The third-order valence-electron chi connectivity index (χ3n) is 3.96. The molecule has 146 valence electrons. The van der Waals surface area contributed by atoms with Crippen LogP contribution in [0.2, 0.25) is 0 Å². The van der Waals surface area contributed by atoms with Gasteiger partial charge in [0.2, 0.25) is 11.8 Å². The van der Waals surface area contributed by atoms with Crippen molar-refractivity contribution in [2.45, 2.75) is 38.5 Å². The third kappa shape index (κ3) is 9.43. The first-order valence-electron chi connectivity index (χ1n) is 9.48. The molecule has 0 aliphatic carbocycles. The van der Waals surface area contributed by atoms with Gasteiger partial charge in [0.15, 0.2) is 0 Å². The Bertz CT molecular complexity index is 706. The van der Waals surface area contributed by atoms with E-state index in [2.05, 4.69) is 21.1 Å². The Hall–Kier alpha value is -3.28. The molecule has 6 heteroatoms. The summed E-state index contributed by atoms with van der Waals surface area (Å²) < 4.78 is 0. The third-order valence-corrected chi connectivity index (χ3v) is 3.96. The number of carbonyl (C=O) groups is 2.